The van der Waals surface area contributed by atoms with Crippen LogP contribution >= 0.6 is 11.8 Å². The lowest BCUT2D eigenvalue weighted by Crippen LogP contribution is -2.56. The summed E-state index contributed by atoms with van der Waals surface area (Å²) in [6, 6.07) is -1.00. The van der Waals surface area contributed by atoms with E-state index < -0.39 is 18.1 Å². The average Bonchev–Trinajstić information content (AvgIpc) is 2.38. The van der Waals surface area contributed by atoms with Crippen molar-refractivity contribution in [2.24, 2.45) is 0 Å². The Balaban J connectivity index is 2.54. The lowest BCUT2D eigenvalue weighted by molar-refractivity contribution is -0.144. The van der Waals surface area contributed by atoms with Crippen LogP contribution in [0, 0.1) is 0 Å². The van der Waals surface area contributed by atoms with Crippen molar-refractivity contribution in [2.75, 3.05) is 38.3 Å². The number of methoxy groups -OCH3 is 1. The molecule has 0 aromatic heterocycles. The Morgan fingerprint density at radius 1 is 1.61 bits per heavy atom. The van der Waals surface area contributed by atoms with Gasteiger partial charge >= 0.3 is 5.97 Å². The van der Waals surface area contributed by atoms with E-state index in [9.17, 15) is 9.59 Å². The SMILES string of the molecule is COCCNC(=O)C(C)N1CCSCC1C(=O)O. The topological polar surface area (TPSA) is 78.9 Å². The first-order valence-corrected chi connectivity index (χ1v) is 7.06. The number of rotatable bonds is 6. The van der Waals surface area contributed by atoms with E-state index in [1.165, 1.54) is 0 Å². The van der Waals surface area contributed by atoms with Crippen molar-refractivity contribution >= 4 is 23.6 Å². The Morgan fingerprint density at radius 2 is 2.33 bits per heavy atom. The van der Waals surface area contributed by atoms with Crippen LogP contribution in [0.4, 0.5) is 0 Å². The van der Waals surface area contributed by atoms with Gasteiger partial charge in [-0.15, -0.1) is 0 Å². The largest absolute Gasteiger partial charge is 0.480 e. The van der Waals surface area contributed by atoms with Crippen LogP contribution in [0.25, 0.3) is 0 Å². The van der Waals surface area contributed by atoms with E-state index in [1.807, 2.05) is 0 Å². The van der Waals surface area contributed by atoms with Crippen LogP contribution in [0.3, 0.4) is 0 Å². The second-order valence-electron chi connectivity index (χ2n) is 4.13. The molecule has 18 heavy (non-hydrogen) atoms. The molecule has 0 aromatic carbocycles. The molecule has 0 aromatic rings. The zero-order valence-electron chi connectivity index (χ0n) is 10.7. The molecule has 0 saturated carbocycles. The quantitative estimate of drug-likeness (QED) is 0.645. The molecule has 6 nitrogen and oxygen atoms in total. The van der Waals surface area contributed by atoms with Gasteiger partial charge in [0.2, 0.25) is 5.91 Å². The molecule has 2 unspecified atom stereocenters. The number of thioether (sulfide) groups is 1. The standard InChI is InChI=1S/C11H20N2O4S/c1-8(10(14)12-3-5-17-2)13-4-6-18-7-9(13)11(15)16/h8-9H,3-7H2,1-2H3,(H,12,14)(H,15,16). The predicted octanol–water partition coefficient (Wildman–Crippen LogP) is -0.360. The Hall–Kier alpha value is -0.790. The molecule has 2 atom stereocenters. The Bertz CT molecular complexity index is 301. The fourth-order valence-electron chi connectivity index (χ4n) is 1.87. The van der Waals surface area contributed by atoms with Crippen molar-refractivity contribution in [3.63, 3.8) is 0 Å². The van der Waals surface area contributed by atoms with Gasteiger partial charge in [-0.1, -0.05) is 0 Å². The third kappa shape index (κ3) is 4.15. The first-order valence-electron chi connectivity index (χ1n) is 5.91. The summed E-state index contributed by atoms with van der Waals surface area (Å²) in [6.45, 7) is 3.27. The minimum atomic E-state index is -0.862. The molecule has 0 aliphatic carbocycles. The maximum absolute atomic E-state index is 11.9. The molecule has 2 N–H and O–H groups in total. The van der Waals surface area contributed by atoms with Gasteiger partial charge in [0, 0.05) is 31.7 Å². The summed E-state index contributed by atoms with van der Waals surface area (Å²) in [6.07, 6.45) is 0. The molecule has 1 saturated heterocycles. The number of carboxylic acid groups (broad SMARTS) is 1. The highest BCUT2D eigenvalue weighted by Gasteiger charge is 2.34. The number of hydrogen-bond acceptors (Lipinski definition) is 5. The first-order chi connectivity index (χ1) is 8.57. The van der Waals surface area contributed by atoms with Crippen LogP contribution in [0.2, 0.25) is 0 Å². The van der Waals surface area contributed by atoms with E-state index in [1.54, 1.807) is 30.7 Å². The van der Waals surface area contributed by atoms with Gasteiger partial charge in [-0.2, -0.15) is 11.8 Å². The Labute approximate surface area is 111 Å². The van der Waals surface area contributed by atoms with Gasteiger partial charge in [0.15, 0.2) is 0 Å². The van der Waals surface area contributed by atoms with Gasteiger partial charge in [-0.25, -0.2) is 0 Å². The van der Waals surface area contributed by atoms with Gasteiger partial charge in [-0.05, 0) is 6.92 Å². The van der Waals surface area contributed by atoms with Crippen molar-refractivity contribution in [3.05, 3.63) is 0 Å². The van der Waals surface area contributed by atoms with Crippen LogP contribution in [-0.2, 0) is 14.3 Å². The van der Waals surface area contributed by atoms with E-state index in [4.69, 9.17) is 9.84 Å². The number of nitrogens with one attached hydrogen (secondary N) is 1. The monoisotopic (exact) mass is 276 g/mol. The molecule has 1 rings (SSSR count). The van der Waals surface area contributed by atoms with E-state index in [-0.39, 0.29) is 5.91 Å². The number of carbonyl (C=O) groups is 2. The fraction of sp³-hybridized carbons (Fsp3) is 0.818. The summed E-state index contributed by atoms with van der Waals surface area (Å²) >= 11 is 1.61. The van der Waals surface area contributed by atoms with E-state index >= 15 is 0 Å². The molecule has 1 amide bonds. The molecule has 0 radical (unpaired) electrons. The smallest absolute Gasteiger partial charge is 0.321 e. The molecule has 7 heteroatoms. The number of nitrogens with zero attached hydrogens (tertiary/aromatic N) is 1. The van der Waals surface area contributed by atoms with Crippen molar-refractivity contribution in [2.45, 2.75) is 19.0 Å². The van der Waals surface area contributed by atoms with Gasteiger partial charge in [0.1, 0.15) is 6.04 Å². The van der Waals surface area contributed by atoms with E-state index in [2.05, 4.69) is 5.32 Å². The average molecular weight is 276 g/mol. The molecule has 0 spiro atoms. The van der Waals surface area contributed by atoms with Crippen molar-refractivity contribution < 1.29 is 19.4 Å². The second-order valence-corrected chi connectivity index (χ2v) is 5.28. The molecule has 1 heterocycles. The molecule has 0 bridgehead atoms. The van der Waals surface area contributed by atoms with Crippen LogP contribution < -0.4 is 5.32 Å². The minimum Gasteiger partial charge on any atom is -0.480 e. The third-order valence-electron chi connectivity index (χ3n) is 2.94. The molecule has 1 fully saturated rings. The highest BCUT2D eigenvalue weighted by atomic mass is 32.2. The summed E-state index contributed by atoms with van der Waals surface area (Å²) in [5, 5.41) is 11.9. The van der Waals surface area contributed by atoms with Gasteiger partial charge in [0.05, 0.1) is 12.6 Å². The third-order valence-corrected chi connectivity index (χ3v) is 3.96. The van der Waals surface area contributed by atoms with E-state index in [0.29, 0.717) is 25.4 Å². The number of amides is 1. The van der Waals surface area contributed by atoms with E-state index in [0.717, 1.165) is 5.75 Å². The summed E-state index contributed by atoms with van der Waals surface area (Å²) in [5.41, 5.74) is 0. The summed E-state index contributed by atoms with van der Waals surface area (Å²) in [7, 11) is 1.57. The number of hydrogen-bond donors (Lipinski definition) is 2. The number of ether oxygens (including phenoxy) is 1. The lowest BCUT2D eigenvalue weighted by Gasteiger charge is -2.36. The maximum atomic E-state index is 11.9. The van der Waals surface area contributed by atoms with Crippen molar-refractivity contribution in [3.8, 4) is 0 Å². The van der Waals surface area contributed by atoms with Crippen molar-refractivity contribution in [1.29, 1.82) is 0 Å². The first kappa shape index (κ1) is 15.3. The summed E-state index contributed by atoms with van der Waals surface area (Å²) in [4.78, 5) is 24.8. The zero-order chi connectivity index (χ0) is 13.5. The highest BCUT2D eigenvalue weighted by Crippen LogP contribution is 2.19. The molecule has 1 aliphatic heterocycles. The van der Waals surface area contributed by atoms with Crippen molar-refractivity contribution in [1.82, 2.24) is 10.2 Å². The van der Waals surface area contributed by atoms with Crippen LogP contribution in [0.1, 0.15) is 6.92 Å². The molecule has 1 aliphatic rings. The van der Waals surface area contributed by atoms with Crippen LogP contribution in [0.15, 0.2) is 0 Å². The van der Waals surface area contributed by atoms with Crippen LogP contribution in [0.5, 0.6) is 0 Å². The molecule has 104 valence electrons. The summed E-state index contributed by atoms with van der Waals surface area (Å²) in [5.74, 6) is 0.383. The minimum absolute atomic E-state index is 0.148. The second kappa shape index (κ2) is 7.60. The summed E-state index contributed by atoms with van der Waals surface area (Å²) < 4.78 is 4.85. The highest BCUT2D eigenvalue weighted by molar-refractivity contribution is 7.99. The van der Waals surface area contributed by atoms with Gasteiger partial charge in [0.25, 0.3) is 0 Å². The van der Waals surface area contributed by atoms with Gasteiger partial charge < -0.3 is 15.2 Å². The maximum Gasteiger partial charge on any atom is 0.321 e. The number of carbonyl (C=O) groups excluding carboxylic acids is 1. The molecular weight excluding hydrogens is 256 g/mol. The molecular formula is C11H20N2O4S. The Kier molecular flexibility index (Phi) is 6.45. The van der Waals surface area contributed by atoms with Gasteiger partial charge in [-0.3, -0.25) is 14.5 Å². The Morgan fingerprint density at radius 3 is 2.94 bits per heavy atom. The predicted molar refractivity (Wildman–Crippen MR) is 69.8 cm³/mol. The normalized spacial score (nSPS) is 22.4. The zero-order valence-corrected chi connectivity index (χ0v) is 11.5. The number of aliphatic carboxylic acids is 1. The van der Waals surface area contributed by atoms with Crippen LogP contribution in [-0.4, -0.2) is 72.3 Å². The fourth-order valence-corrected chi connectivity index (χ4v) is 2.93. The number of carboxylic acids is 1. The lowest BCUT2D eigenvalue weighted by atomic mass is 10.2.